The Morgan fingerprint density at radius 3 is 1.80 bits per heavy atom. The molecule has 0 amide bonds. The standard InChI is InChI=1S/C26H25NO3/c1-20(28)17-18-24(26(29)30-19-21-11-5-2-6-12-21)27-25(22-13-7-3-8-14-22)23-15-9-4-10-16-23/h2-16,24H,17-19H2,1H3/t24-/m0/s1. The Bertz CT molecular complexity index is 941. The summed E-state index contributed by atoms with van der Waals surface area (Å²) >= 11 is 0. The van der Waals surface area contributed by atoms with E-state index in [1.54, 1.807) is 0 Å². The van der Waals surface area contributed by atoms with E-state index in [0.29, 0.717) is 12.1 Å². The first kappa shape index (κ1) is 21.2. The van der Waals surface area contributed by atoms with Crippen LogP contribution in [-0.2, 0) is 20.9 Å². The van der Waals surface area contributed by atoms with Gasteiger partial charge in [0.2, 0.25) is 0 Å². The molecule has 30 heavy (non-hydrogen) atoms. The van der Waals surface area contributed by atoms with Crippen molar-refractivity contribution >= 4 is 17.5 Å². The summed E-state index contributed by atoms with van der Waals surface area (Å²) in [6, 6.07) is 28.2. The van der Waals surface area contributed by atoms with Gasteiger partial charge < -0.3 is 9.53 Å². The molecule has 4 nitrogen and oxygen atoms in total. The lowest BCUT2D eigenvalue weighted by Gasteiger charge is -2.15. The smallest absolute Gasteiger partial charge is 0.331 e. The second kappa shape index (κ2) is 10.9. The molecule has 0 aliphatic rings. The van der Waals surface area contributed by atoms with Gasteiger partial charge in [0.1, 0.15) is 18.4 Å². The third-order valence-corrected chi connectivity index (χ3v) is 4.65. The van der Waals surface area contributed by atoms with E-state index < -0.39 is 12.0 Å². The van der Waals surface area contributed by atoms with Crippen LogP contribution in [0.5, 0.6) is 0 Å². The summed E-state index contributed by atoms with van der Waals surface area (Å²) in [5, 5.41) is 0. The van der Waals surface area contributed by atoms with Crippen LogP contribution in [0.1, 0.15) is 36.5 Å². The van der Waals surface area contributed by atoms with E-state index in [1.807, 2.05) is 91.0 Å². The number of nitrogens with zero attached hydrogens (tertiary/aromatic N) is 1. The van der Waals surface area contributed by atoms with Gasteiger partial charge in [-0.15, -0.1) is 0 Å². The fraction of sp³-hybridized carbons (Fsp3) is 0.192. The molecule has 0 fully saturated rings. The summed E-state index contributed by atoms with van der Waals surface area (Å²) in [7, 11) is 0. The number of ketones is 1. The predicted molar refractivity (Wildman–Crippen MR) is 118 cm³/mol. The zero-order chi connectivity index (χ0) is 21.2. The molecule has 0 radical (unpaired) electrons. The van der Waals surface area contributed by atoms with Gasteiger partial charge in [-0.2, -0.15) is 0 Å². The highest BCUT2D eigenvalue weighted by atomic mass is 16.5. The molecule has 1 atom stereocenters. The fourth-order valence-corrected chi connectivity index (χ4v) is 3.06. The molecule has 0 N–H and O–H groups in total. The van der Waals surface area contributed by atoms with Crippen molar-refractivity contribution in [1.29, 1.82) is 0 Å². The number of hydrogen-bond acceptors (Lipinski definition) is 4. The number of esters is 1. The molecule has 0 aliphatic heterocycles. The number of aliphatic imine (C=N–C) groups is 1. The number of carbonyl (C=O) groups is 2. The zero-order valence-corrected chi connectivity index (χ0v) is 17.0. The SMILES string of the molecule is CC(=O)CC[C@H](N=C(c1ccccc1)c1ccccc1)C(=O)OCc1ccccc1. The molecule has 4 heteroatoms. The second-order valence-electron chi connectivity index (χ2n) is 7.06. The van der Waals surface area contributed by atoms with Gasteiger partial charge in [-0.3, -0.25) is 4.99 Å². The van der Waals surface area contributed by atoms with Gasteiger partial charge in [0.15, 0.2) is 0 Å². The molecular formula is C26H25NO3. The molecule has 152 valence electrons. The summed E-state index contributed by atoms with van der Waals surface area (Å²) in [4.78, 5) is 29.3. The maximum Gasteiger partial charge on any atom is 0.331 e. The Morgan fingerprint density at radius 1 is 0.800 bits per heavy atom. The summed E-state index contributed by atoms with van der Waals surface area (Å²) in [6.07, 6.45) is 0.581. The summed E-state index contributed by atoms with van der Waals surface area (Å²) < 4.78 is 5.54. The number of ether oxygens (including phenoxy) is 1. The van der Waals surface area contributed by atoms with Crippen LogP contribution in [0.4, 0.5) is 0 Å². The van der Waals surface area contributed by atoms with Gasteiger partial charge >= 0.3 is 5.97 Å². The molecule has 3 aromatic carbocycles. The van der Waals surface area contributed by atoms with Crippen LogP contribution < -0.4 is 0 Å². The molecule has 0 unspecified atom stereocenters. The molecule has 3 rings (SSSR count). The lowest BCUT2D eigenvalue weighted by molar-refractivity contribution is -0.146. The van der Waals surface area contributed by atoms with Crippen LogP contribution in [0.2, 0.25) is 0 Å². The van der Waals surface area contributed by atoms with Crippen LogP contribution in [0, 0.1) is 0 Å². The summed E-state index contributed by atoms with van der Waals surface area (Å²) in [5.41, 5.74) is 3.44. The van der Waals surface area contributed by atoms with E-state index in [2.05, 4.69) is 0 Å². The average Bonchev–Trinajstić information content (AvgIpc) is 2.79. The van der Waals surface area contributed by atoms with Crippen molar-refractivity contribution in [3.8, 4) is 0 Å². The third kappa shape index (κ3) is 6.24. The Kier molecular flexibility index (Phi) is 7.67. The van der Waals surface area contributed by atoms with Crippen LogP contribution >= 0.6 is 0 Å². The van der Waals surface area contributed by atoms with Crippen molar-refractivity contribution in [1.82, 2.24) is 0 Å². The first-order valence-corrected chi connectivity index (χ1v) is 10.0. The van der Waals surface area contributed by atoms with E-state index in [9.17, 15) is 9.59 Å². The third-order valence-electron chi connectivity index (χ3n) is 4.65. The molecule has 0 aromatic heterocycles. The molecule has 3 aromatic rings. The summed E-state index contributed by atoms with van der Waals surface area (Å²) in [6.45, 7) is 1.70. The number of benzene rings is 3. The lowest BCUT2D eigenvalue weighted by Crippen LogP contribution is -2.24. The minimum absolute atomic E-state index is 0.0204. The van der Waals surface area contributed by atoms with Gasteiger partial charge in [0, 0.05) is 17.5 Å². The maximum absolute atomic E-state index is 12.9. The molecule has 0 bridgehead atoms. The first-order valence-electron chi connectivity index (χ1n) is 10.0. The van der Waals surface area contributed by atoms with Crippen LogP contribution in [0.25, 0.3) is 0 Å². The molecular weight excluding hydrogens is 374 g/mol. The van der Waals surface area contributed by atoms with Gasteiger partial charge in [-0.1, -0.05) is 91.0 Å². The zero-order valence-electron chi connectivity index (χ0n) is 17.0. The summed E-state index contributed by atoms with van der Waals surface area (Å²) in [5.74, 6) is -0.406. The number of hydrogen-bond donors (Lipinski definition) is 0. The number of carbonyl (C=O) groups excluding carboxylic acids is 2. The van der Waals surface area contributed by atoms with Crippen LogP contribution in [0.3, 0.4) is 0 Å². The fourth-order valence-electron chi connectivity index (χ4n) is 3.06. The van der Waals surface area contributed by atoms with Crippen LogP contribution in [0.15, 0.2) is 96.0 Å². The number of Topliss-reactive ketones (excluding diaryl/α,β-unsaturated/α-hetero) is 1. The van der Waals surface area contributed by atoms with E-state index in [1.165, 1.54) is 6.92 Å². The highest BCUT2D eigenvalue weighted by Gasteiger charge is 2.22. The maximum atomic E-state index is 12.9. The molecule has 0 saturated heterocycles. The average molecular weight is 399 g/mol. The molecule has 0 heterocycles. The van der Waals surface area contributed by atoms with Crippen molar-refractivity contribution in [3.05, 3.63) is 108 Å². The van der Waals surface area contributed by atoms with Crippen molar-refractivity contribution in [2.75, 3.05) is 0 Å². The highest BCUT2D eigenvalue weighted by Crippen LogP contribution is 2.16. The Balaban J connectivity index is 1.90. The van der Waals surface area contributed by atoms with E-state index in [4.69, 9.17) is 9.73 Å². The molecule has 0 aliphatic carbocycles. The van der Waals surface area contributed by atoms with E-state index in [0.717, 1.165) is 16.7 Å². The highest BCUT2D eigenvalue weighted by molar-refractivity contribution is 6.13. The van der Waals surface area contributed by atoms with Crippen LogP contribution in [-0.4, -0.2) is 23.5 Å². The van der Waals surface area contributed by atoms with E-state index >= 15 is 0 Å². The van der Waals surface area contributed by atoms with Gasteiger partial charge in [-0.25, -0.2) is 4.79 Å². The topological polar surface area (TPSA) is 55.7 Å². The molecule has 0 spiro atoms. The van der Waals surface area contributed by atoms with Crippen molar-refractivity contribution < 1.29 is 14.3 Å². The van der Waals surface area contributed by atoms with Gasteiger partial charge in [0.25, 0.3) is 0 Å². The van der Waals surface area contributed by atoms with Crippen molar-refractivity contribution in [2.24, 2.45) is 4.99 Å². The molecule has 0 saturated carbocycles. The number of rotatable bonds is 9. The Labute approximate surface area is 177 Å². The minimum atomic E-state index is -0.756. The van der Waals surface area contributed by atoms with Crippen molar-refractivity contribution in [3.63, 3.8) is 0 Å². The quantitative estimate of drug-likeness (QED) is 0.376. The largest absolute Gasteiger partial charge is 0.459 e. The predicted octanol–water partition coefficient (Wildman–Crippen LogP) is 5.01. The van der Waals surface area contributed by atoms with Gasteiger partial charge in [-0.05, 0) is 18.9 Å². The lowest BCUT2D eigenvalue weighted by atomic mass is 10.0. The Morgan fingerprint density at radius 2 is 1.30 bits per heavy atom. The normalized spacial score (nSPS) is 11.4. The minimum Gasteiger partial charge on any atom is -0.459 e. The Hall–Kier alpha value is -3.53. The monoisotopic (exact) mass is 399 g/mol. The first-order chi connectivity index (χ1) is 14.6. The van der Waals surface area contributed by atoms with E-state index in [-0.39, 0.29) is 18.8 Å². The van der Waals surface area contributed by atoms with Gasteiger partial charge in [0.05, 0.1) is 5.71 Å². The second-order valence-corrected chi connectivity index (χ2v) is 7.06. The van der Waals surface area contributed by atoms with Crippen molar-refractivity contribution in [2.45, 2.75) is 32.4 Å².